The van der Waals surface area contributed by atoms with Crippen LogP contribution in [0, 0.1) is 13.8 Å². The molecule has 0 aliphatic carbocycles. The molecular formula is C13H14N2O4S2. The van der Waals surface area contributed by atoms with Crippen molar-refractivity contribution >= 4 is 27.3 Å². The highest BCUT2D eigenvalue weighted by Crippen LogP contribution is 2.22. The molecule has 1 heterocycles. The Morgan fingerprint density at radius 1 is 1.38 bits per heavy atom. The predicted octanol–water partition coefficient (Wildman–Crippen LogP) is 1.86. The van der Waals surface area contributed by atoms with Crippen molar-refractivity contribution in [2.24, 2.45) is 0 Å². The Balaban J connectivity index is 2.35. The number of carboxylic acid groups (broad SMARTS) is 1. The number of hydrogen-bond acceptors (Lipinski definition) is 5. The summed E-state index contributed by atoms with van der Waals surface area (Å²) in [6, 6.07) is 5.37. The van der Waals surface area contributed by atoms with Crippen molar-refractivity contribution in [3.8, 4) is 0 Å². The van der Waals surface area contributed by atoms with Gasteiger partial charge >= 0.3 is 5.97 Å². The first kappa shape index (κ1) is 15.6. The normalized spacial score (nSPS) is 13.0. The Labute approximate surface area is 126 Å². The summed E-state index contributed by atoms with van der Waals surface area (Å²) in [6.45, 7) is 3.49. The van der Waals surface area contributed by atoms with Crippen molar-refractivity contribution in [3.05, 3.63) is 46.6 Å². The van der Waals surface area contributed by atoms with Crippen LogP contribution in [0.15, 0.2) is 34.7 Å². The van der Waals surface area contributed by atoms with E-state index in [-0.39, 0.29) is 4.21 Å². The Kier molecular flexibility index (Phi) is 4.40. The smallest absolute Gasteiger partial charge is 0.326 e. The summed E-state index contributed by atoms with van der Waals surface area (Å²) in [6.07, 6.45) is 1.22. The minimum Gasteiger partial charge on any atom is -0.480 e. The van der Waals surface area contributed by atoms with Crippen LogP contribution in [0.3, 0.4) is 0 Å². The fourth-order valence-electron chi connectivity index (χ4n) is 1.79. The average Bonchev–Trinajstić information content (AvgIpc) is 2.83. The number of carboxylic acids is 1. The maximum absolute atomic E-state index is 12.2. The molecule has 0 aliphatic heterocycles. The molecule has 1 unspecified atom stereocenters. The molecule has 0 saturated carbocycles. The average molecular weight is 326 g/mol. The highest BCUT2D eigenvalue weighted by molar-refractivity contribution is 7.91. The van der Waals surface area contributed by atoms with E-state index in [1.807, 2.05) is 13.0 Å². The molecule has 1 atom stereocenters. The van der Waals surface area contributed by atoms with Crippen molar-refractivity contribution in [1.29, 1.82) is 0 Å². The fraction of sp³-hybridized carbons (Fsp3) is 0.231. The molecule has 6 nitrogen and oxygen atoms in total. The van der Waals surface area contributed by atoms with Gasteiger partial charge in [0.25, 0.3) is 10.0 Å². The topological polar surface area (TPSA) is 96.4 Å². The molecule has 0 spiro atoms. The van der Waals surface area contributed by atoms with Crippen LogP contribution in [-0.2, 0) is 14.8 Å². The molecule has 2 N–H and O–H groups in total. The van der Waals surface area contributed by atoms with Gasteiger partial charge in [-0.2, -0.15) is 4.72 Å². The van der Waals surface area contributed by atoms with Gasteiger partial charge in [-0.1, -0.05) is 29.8 Å². The maximum Gasteiger partial charge on any atom is 0.326 e. The van der Waals surface area contributed by atoms with E-state index in [4.69, 9.17) is 0 Å². The molecule has 0 bridgehead atoms. The van der Waals surface area contributed by atoms with Crippen LogP contribution in [0.25, 0.3) is 0 Å². The first-order valence-corrected chi connectivity index (χ1v) is 8.34. The number of carbonyl (C=O) groups is 1. The van der Waals surface area contributed by atoms with Gasteiger partial charge in [0.1, 0.15) is 6.04 Å². The van der Waals surface area contributed by atoms with Crippen LogP contribution in [0.5, 0.6) is 0 Å². The number of aromatic nitrogens is 1. The molecule has 21 heavy (non-hydrogen) atoms. The van der Waals surface area contributed by atoms with E-state index in [0.29, 0.717) is 10.6 Å². The highest BCUT2D eigenvalue weighted by atomic mass is 32.2. The van der Waals surface area contributed by atoms with Crippen LogP contribution in [-0.4, -0.2) is 24.5 Å². The third-order valence-corrected chi connectivity index (χ3v) is 5.56. The van der Waals surface area contributed by atoms with Gasteiger partial charge in [0.05, 0.1) is 11.2 Å². The number of nitrogens with one attached hydrogen (secondary N) is 1. The molecule has 2 rings (SSSR count). The summed E-state index contributed by atoms with van der Waals surface area (Å²) in [5.41, 5.74) is 1.24. The lowest BCUT2D eigenvalue weighted by Gasteiger charge is -2.14. The molecule has 0 fully saturated rings. The standard InChI is InChI=1S/C13H14N2O4S2/c1-8-4-3-5-10(6-8)12(13(16)17)15-21(18,19)11-7-14-9(2)20-11/h3-7,12,15H,1-2H3,(H,16,17). The van der Waals surface area contributed by atoms with E-state index in [9.17, 15) is 18.3 Å². The number of sulfonamides is 1. The van der Waals surface area contributed by atoms with Gasteiger partial charge in [0, 0.05) is 0 Å². The minimum atomic E-state index is -3.92. The van der Waals surface area contributed by atoms with Gasteiger partial charge in [-0.25, -0.2) is 13.4 Å². The summed E-state index contributed by atoms with van der Waals surface area (Å²) >= 11 is 0.992. The van der Waals surface area contributed by atoms with Crippen LogP contribution in [0.1, 0.15) is 22.2 Å². The van der Waals surface area contributed by atoms with Crippen LogP contribution in [0.2, 0.25) is 0 Å². The Morgan fingerprint density at radius 2 is 2.10 bits per heavy atom. The number of aryl methyl sites for hydroxylation is 2. The van der Waals surface area contributed by atoms with Crippen molar-refractivity contribution in [2.75, 3.05) is 0 Å². The van der Waals surface area contributed by atoms with E-state index in [1.165, 1.54) is 6.20 Å². The zero-order chi connectivity index (χ0) is 15.6. The molecule has 0 aliphatic rings. The van der Waals surface area contributed by atoms with Gasteiger partial charge in [-0.3, -0.25) is 4.79 Å². The summed E-state index contributed by atoms with van der Waals surface area (Å²) in [4.78, 5) is 15.3. The minimum absolute atomic E-state index is 0.00102. The molecule has 0 saturated heterocycles. The first-order chi connectivity index (χ1) is 9.79. The van der Waals surface area contributed by atoms with Crippen molar-refractivity contribution < 1.29 is 18.3 Å². The van der Waals surface area contributed by atoms with Crippen molar-refractivity contribution in [2.45, 2.75) is 24.1 Å². The van der Waals surface area contributed by atoms with Gasteiger partial charge in [0.15, 0.2) is 4.21 Å². The lowest BCUT2D eigenvalue weighted by molar-refractivity contribution is -0.139. The Hall–Kier alpha value is -1.77. The van der Waals surface area contributed by atoms with E-state index in [0.717, 1.165) is 16.9 Å². The molecule has 1 aromatic heterocycles. The SMILES string of the molecule is Cc1cccc(C(NS(=O)(=O)c2cnc(C)s2)C(=O)O)c1. The first-order valence-electron chi connectivity index (χ1n) is 6.04. The third-order valence-electron chi connectivity index (χ3n) is 2.76. The molecule has 1 aromatic carbocycles. The lowest BCUT2D eigenvalue weighted by atomic mass is 10.1. The monoisotopic (exact) mass is 326 g/mol. The molecular weight excluding hydrogens is 312 g/mol. The highest BCUT2D eigenvalue weighted by Gasteiger charge is 2.28. The molecule has 112 valence electrons. The summed E-state index contributed by atoms with van der Waals surface area (Å²) in [5.74, 6) is -1.26. The number of rotatable bonds is 5. The number of thiazole rings is 1. The Morgan fingerprint density at radius 3 is 2.62 bits per heavy atom. The van der Waals surface area contributed by atoms with Crippen LogP contribution >= 0.6 is 11.3 Å². The number of nitrogens with zero attached hydrogens (tertiary/aromatic N) is 1. The van der Waals surface area contributed by atoms with Gasteiger partial charge < -0.3 is 5.11 Å². The third kappa shape index (κ3) is 3.66. The second kappa shape index (κ2) is 5.92. The zero-order valence-corrected chi connectivity index (χ0v) is 13.0. The van der Waals surface area contributed by atoms with E-state index < -0.39 is 22.0 Å². The van der Waals surface area contributed by atoms with E-state index in [1.54, 1.807) is 25.1 Å². The number of benzene rings is 1. The number of aliphatic carboxylic acids is 1. The van der Waals surface area contributed by atoms with Crippen LogP contribution < -0.4 is 4.72 Å². The number of hydrogen-bond donors (Lipinski definition) is 2. The zero-order valence-electron chi connectivity index (χ0n) is 11.4. The maximum atomic E-state index is 12.2. The Bertz CT molecular complexity index is 768. The van der Waals surface area contributed by atoms with Crippen molar-refractivity contribution in [3.63, 3.8) is 0 Å². The van der Waals surface area contributed by atoms with E-state index >= 15 is 0 Å². The lowest BCUT2D eigenvalue weighted by Crippen LogP contribution is -2.33. The van der Waals surface area contributed by atoms with Gasteiger partial charge in [-0.15, -0.1) is 11.3 Å². The molecule has 0 amide bonds. The quantitative estimate of drug-likeness (QED) is 0.874. The summed E-state index contributed by atoms with van der Waals surface area (Å²) < 4.78 is 26.6. The predicted molar refractivity (Wildman–Crippen MR) is 78.7 cm³/mol. The van der Waals surface area contributed by atoms with Crippen molar-refractivity contribution in [1.82, 2.24) is 9.71 Å². The van der Waals surface area contributed by atoms with Gasteiger partial charge in [0.2, 0.25) is 0 Å². The fourth-order valence-corrected chi connectivity index (χ4v) is 4.09. The summed E-state index contributed by atoms with van der Waals surface area (Å²) in [7, 11) is -3.92. The summed E-state index contributed by atoms with van der Waals surface area (Å²) in [5, 5.41) is 9.89. The van der Waals surface area contributed by atoms with Gasteiger partial charge in [-0.05, 0) is 19.4 Å². The second-order valence-corrected chi connectivity index (χ2v) is 7.68. The molecule has 8 heteroatoms. The van der Waals surface area contributed by atoms with E-state index in [2.05, 4.69) is 9.71 Å². The second-order valence-electron chi connectivity index (χ2n) is 4.50. The largest absolute Gasteiger partial charge is 0.480 e. The molecule has 2 aromatic rings. The van der Waals surface area contributed by atoms with Crippen LogP contribution in [0.4, 0.5) is 0 Å². The molecule has 0 radical (unpaired) electrons.